The van der Waals surface area contributed by atoms with Crippen LogP contribution in [0.1, 0.15) is 24.1 Å². The Morgan fingerprint density at radius 2 is 2.14 bits per heavy atom. The zero-order valence-electron chi connectivity index (χ0n) is 12.6. The van der Waals surface area contributed by atoms with Gasteiger partial charge in [0, 0.05) is 43.5 Å². The van der Waals surface area contributed by atoms with Gasteiger partial charge in [0.25, 0.3) is 0 Å². The summed E-state index contributed by atoms with van der Waals surface area (Å²) in [6, 6.07) is 8.39. The van der Waals surface area contributed by atoms with Crippen LogP contribution in [0.15, 0.2) is 36.7 Å². The molecule has 5 heteroatoms. The number of ether oxygens (including phenoxy) is 1. The molecule has 0 radical (unpaired) electrons. The molecule has 2 heterocycles. The van der Waals surface area contributed by atoms with Crippen molar-refractivity contribution in [3.05, 3.63) is 47.8 Å². The van der Waals surface area contributed by atoms with Gasteiger partial charge in [0.1, 0.15) is 12.4 Å². The summed E-state index contributed by atoms with van der Waals surface area (Å²) in [6.07, 6.45) is 3.96. The van der Waals surface area contributed by atoms with E-state index in [1.807, 2.05) is 36.3 Å². The lowest BCUT2D eigenvalue weighted by atomic mass is 10.0. The summed E-state index contributed by atoms with van der Waals surface area (Å²) >= 11 is 0. The summed E-state index contributed by atoms with van der Waals surface area (Å²) in [5.41, 5.74) is 8.63. The van der Waals surface area contributed by atoms with Crippen LogP contribution in [-0.4, -0.2) is 33.9 Å². The molecule has 0 fully saturated rings. The maximum Gasteiger partial charge on any atom is 0.123 e. The number of rotatable bonds is 3. The fourth-order valence-electron chi connectivity index (χ4n) is 3.02. The summed E-state index contributed by atoms with van der Waals surface area (Å²) in [5.74, 6) is 0.981. The number of nitrogens with zero attached hydrogens (tertiary/aromatic N) is 3. The van der Waals surface area contributed by atoms with E-state index in [0.717, 1.165) is 24.4 Å². The third-order valence-corrected chi connectivity index (χ3v) is 3.94. The molecule has 112 valence electrons. The second kappa shape index (κ2) is 5.87. The molecule has 1 aliphatic rings. The van der Waals surface area contributed by atoms with E-state index >= 15 is 0 Å². The van der Waals surface area contributed by atoms with Gasteiger partial charge in [0.15, 0.2) is 0 Å². The molecular weight excluding hydrogens is 264 g/mol. The van der Waals surface area contributed by atoms with Crippen LogP contribution in [-0.2, 0) is 13.6 Å². The highest BCUT2D eigenvalue weighted by molar-refractivity contribution is 5.34. The van der Waals surface area contributed by atoms with E-state index in [9.17, 15) is 0 Å². The van der Waals surface area contributed by atoms with Gasteiger partial charge in [-0.3, -0.25) is 9.58 Å². The third kappa shape index (κ3) is 2.94. The predicted octanol–water partition coefficient (Wildman–Crippen LogP) is 1.70. The fourth-order valence-corrected chi connectivity index (χ4v) is 3.02. The van der Waals surface area contributed by atoms with E-state index in [0.29, 0.717) is 6.61 Å². The van der Waals surface area contributed by atoms with Crippen molar-refractivity contribution in [3.63, 3.8) is 0 Å². The first-order valence-corrected chi connectivity index (χ1v) is 7.34. The summed E-state index contributed by atoms with van der Waals surface area (Å²) in [5, 5.41) is 4.29. The molecular formula is C16H22N4O. The maximum absolute atomic E-state index is 6.26. The van der Waals surface area contributed by atoms with E-state index in [1.165, 1.54) is 5.56 Å². The van der Waals surface area contributed by atoms with Gasteiger partial charge in [-0.2, -0.15) is 5.10 Å². The average molecular weight is 286 g/mol. The van der Waals surface area contributed by atoms with E-state index < -0.39 is 0 Å². The van der Waals surface area contributed by atoms with Crippen LogP contribution in [0.2, 0.25) is 0 Å². The molecule has 0 saturated carbocycles. The van der Waals surface area contributed by atoms with Crippen molar-refractivity contribution in [3.8, 4) is 5.75 Å². The molecule has 2 aromatic rings. The Labute approximate surface area is 125 Å². The second-order valence-corrected chi connectivity index (χ2v) is 5.68. The van der Waals surface area contributed by atoms with Crippen LogP contribution in [0.25, 0.3) is 0 Å². The summed E-state index contributed by atoms with van der Waals surface area (Å²) in [6.45, 7) is 4.43. The minimum atomic E-state index is 0.0273. The zero-order valence-corrected chi connectivity index (χ0v) is 12.6. The standard InChI is InChI=1S/C16H22N4O/c1-12(17)16(14-9-18-19(2)10-14)20-7-8-21-15-6-4-3-5-13(15)11-20/h3-6,9-10,12,16H,7-8,11,17H2,1-2H3. The SMILES string of the molecule is CC(N)C(c1cnn(C)c1)N1CCOc2ccccc2C1. The van der Waals surface area contributed by atoms with Crippen molar-refractivity contribution in [2.45, 2.75) is 25.6 Å². The van der Waals surface area contributed by atoms with Gasteiger partial charge in [-0.25, -0.2) is 0 Å². The van der Waals surface area contributed by atoms with E-state index in [4.69, 9.17) is 10.5 Å². The summed E-state index contributed by atoms with van der Waals surface area (Å²) in [7, 11) is 1.93. The van der Waals surface area contributed by atoms with Gasteiger partial charge in [0.2, 0.25) is 0 Å². The van der Waals surface area contributed by atoms with Crippen LogP contribution < -0.4 is 10.5 Å². The van der Waals surface area contributed by atoms with Crippen LogP contribution in [0, 0.1) is 0 Å². The van der Waals surface area contributed by atoms with Crippen LogP contribution >= 0.6 is 0 Å². The first kappa shape index (κ1) is 14.1. The van der Waals surface area contributed by atoms with Crippen molar-refractivity contribution in [1.29, 1.82) is 0 Å². The van der Waals surface area contributed by atoms with Gasteiger partial charge in [-0.15, -0.1) is 0 Å². The Bertz CT molecular complexity index is 608. The quantitative estimate of drug-likeness (QED) is 0.933. The Morgan fingerprint density at radius 3 is 2.86 bits per heavy atom. The minimum Gasteiger partial charge on any atom is -0.492 e. The van der Waals surface area contributed by atoms with Crippen LogP contribution in [0.3, 0.4) is 0 Å². The zero-order chi connectivity index (χ0) is 14.8. The monoisotopic (exact) mass is 286 g/mol. The number of fused-ring (bicyclic) bond motifs is 1. The van der Waals surface area contributed by atoms with Crippen molar-refractivity contribution in [2.75, 3.05) is 13.2 Å². The predicted molar refractivity (Wildman–Crippen MR) is 81.9 cm³/mol. The van der Waals surface area contributed by atoms with Gasteiger partial charge < -0.3 is 10.5 Å². The molecule has 21 heavy (non-hydrogen) atoms. The lowest BCUT2D eigenvalue weighted by molar-refractivity contribution is 0.152. The van der Waals surface area contributed by atoms with Gasteiger partial charge in [-0.1, -0.05) is 18.2 Å². The first-order valence-electron chi connectivity index (χ1n) is 7.34. The molecule has 1 aromatic carbocycles. The molecule has 0 spiro atoms. The molecule has 3 rings (SSSR count). The van der Waals surface area contributed by atoms with Crippen molar-refractivity contribution in [1.82, 2.24) is 14.7 Å². The Morgan fingerprint density at radius 1 is 1.33 bits per heavy atom. The molecule has 2 N–H and O–H groups in total. The van der Waals surface area contributed by atoms with Crippen molar-refractivity contribution >= 4 is 0 Å². The Hall–Kier alpha value is -1.85. The molecule has 2 atom stereocenters. The molecule has 0 bridgehead atoms. The summed E-state index contributed by atoms with van der Waals surface area (Å²) in [4.78, 5) is 2.38. The molecule has 0 aliphatic carbocycles. The van der Waals surface area contributed by atoms with Crippen LogP contribution in [0.4, 0.5) is 0 Å². The highest BCUT2D eigenvalue weighted by atomic mass is 16.5. The number of aromatic nitrogens is 2. The van der Waals surface area contributed by atoms with Crippen LogP contribution in [0.5, 0.6) is 5.75 Å². The maximum atomic E-state index is 6.26. The van der Waals surface area contributed by atoms with Gasteiger partial charge >= 0.3 is 0 Å². The number of hydrogen-bond donors (Lipinski definition) is 1. The smallest absolute Gasteiger partial charge is 0.123 e. The number of hydrogen-bond acceptors (Lipinski definition) is 4. The van der Waals surface area contributed by atoms with Crippen molar-refractivity contribution in [2.24, 2.45) is 12.8 Å². The molecule has 1 aromatic heterocycles. The highest BCUT2D eigenvalue weighted by Gasteiger charge is 2.27. The molecule has 2 unspecified atom stereocenters. The fraction of sp³-hybridized carbons (Fsp3) is 0.438. The lowest BCUT2D eigenvalue weighted by Crippen LogP contribution is -2.40. The first-order chi connectivity index (χ1) is 10.1. The second-order valence-electron chi connectivity index (χ2n) is 5.68. The number of para-hydroxylation sites is 1. The summed E-state index contributed by atoms with van der Waals surface area (Å²) < 4.78 is 7.67. The average Bonchev–Trinajstić information content (AvgIpc) is 2.75. The van der Waals surface area contributed by atoms with Gasteiger partial charge in [0.05, 0.1) is 12.2 Å². The van der Waals surface area contributed by atoms with E-state index in [1.54, 1.807) is 0 Å². The lowest BCUT2D eigenvalue weighted by Gasteiger charge is -2.32. The Balaban J connectivity index is 1.90. The Kier molecular flexibility index (Phi) is 3.94. The number of aryl methyl sites for hydroxylation is 1. The minimum absolute atomic E-state index is 0.0273. The van der Waals surface area contributed by atoms with E-state index in [-0.39, 0.29) is 12.1 Å². The normalized spacial score (nSPS) is 18.4. The number of benzene rings is 1. The molecule has 0 amide bonds. The molecule has 5 nitrogen and oxygen atoms in total. The van der Waals surface area contributed by atoms with Crippen molar-refractivity contribution < 1.29 is 4.74 Å². The molecule has 0 saturated heterocycles. The number of nitrogens with two attached hydrogens (primary N) is 1. The third-order valence-electron chi connectivity index (χ3n) is 3.94. The highest BCUT2D eigenvalue weighted by Crippen LogP contribution is 2.29. The topological polar surface area (TPSA) is 56.3 Å². The van der Waals surface area contributed by atoms with E-state index in [2.05, 4.69) is 29.1 Å². The largest absolute Gasteiger partial charge is 0.492 e. The van der Waals surface area contributed by atoms with Gasteiger partial charge in [-0.05, 0) is 13.0 Å². The molecule has 1 aliphatic heterocycles.